The second-order valence-electron chi connectivity index (χ2n) is 5.28. The van der Waals surface area contributed by atoms with E-state index in [1.165, 1.54) is 14.0 Å². The van der Waals surface area contributed by atoms with Crippen LogP contribution >= 0.6 is 15.9 Å². The molecule has 1 unspecified atom stereocenters. The summed E-state index contributed by atoms with van der Waals surface area (Å²) in [5.74, 6) is -0.979. The van der Waals surface area contributed by atoms with Crippen molar-refractivity contribution in [3.05, 3.63) is 22.2 Å². The van der Waals surface area contributed by atoms with E-state index in [4.69, 9.17) is 14.2 Å². The van der Waals surface area contributed by atoms with Gasteiger partial charge in [0.1, 0.15) is 5.75 Å². The molecule has 0 saturated carbocycles. The molecular weight excluding hydrogens is 366 g/mol. The van der Waals surface area contributed by atoms with E-state index in [0.717, 1.165) is 23.2 Å². The highest BCUT2D eigenvalue weighted by Gasteiger charge is 2.24. The van der Waals surface area contributed by atoms with Crippen molar-refractivity contribution in [2.75, 3.05) is 38.3 Å². The number of carbonyl (C=O) groups excluding carboxylic acids is 2. The van der Waals surface area contributed by atoms with Crippen molar-refractivity contribution < 1.29 is 23.8 Å². The van der Waals surface area contributed by atoms with Crippen LogP contribution in [0, 0.1) is 0 Å². The Morgan fingerprint density at radius 2 is 1.96 bits per heavy atom. The molecule has 126 valence electrons. The summed E-state index contributed by atoms with van der Waals surface area (Å²) in [7, 11) is 1.33. The Hall–Kier alpha value is -1.60. The fourth-order valence-electron chi connectivity index (χ4n) is 2.49. The van der Waals surface area contributed by atoms with Crippen LogP contribution in [0.4, 0.5) is 5.69 Å². The number of morpholine rings is 1. The van der Waals surface area contributed by atoms with Gasteiger partial charge in [0.15, 0.2) is 0 Å². The summed E-state index contributed by atoms with van der Waals surface area (Å²) < 4.78 is 16.3. The van der Waals surface area contributed by atoms with Crippen molar-refractivity contribution >= 4 is 33.6 Å². The quantitative estimate of drug-likeness (QED) is 0.585. The third kappa shape index (κ3) is 4.23. The Bertz CT molecular complexity index is 598. The van der Waals surface area contributed by atoms with Crippen LogP contribution in [0.15, 0.2) is 16.6 Å². The van der Waals surface area contributed by atoms with E-state index in [-0.39, 0.29) is 5.97 Å². The number of methoxy groups -OCH3 is 1. The maximum atomic E-state index is 11.8. The smallest absolute Gasteiger partial charge is 0.312 e. The zero-order chi connectivity index (χ0) is 17.0. The summed E-state index contributed by atoms with van der Waals surface area (Å²) in [6.07, 6.45) is 0. The third-order valence-electron chi connectivity index (χ3n) is 3.71. The summed E-state index contributed by atoms with van der Waals surface area (Å²) in [4.78, 5) is 25.4. The van der Waals surface area contributed by atoms with Crippen molar-refractivity contribution in [3.63, 3.8) is 0 Å². The molecule has 1 aromatic rings. The van der Waals surface area contributed by atoms with Gasteiger partial charge in [-0.25, -0.2) is 0 Å². The molecule has 1 heterocycles. The molecule has 0 spiro atoms. The Balaban J connectivity index is 2.43. The number of nitrogens with zero attached hydrogens (tertiary/aromatic N) is 1. The molecule has 1 atom stereocenters. The highest BCUT2D eigenvalue weighted by molar-refractivity contribution is 9.10. The standard InChI is InChI=1S/C16H20BrNO5/c1-10(16(20)21-3)12-8-13(17)14(9-15(12)23-11(2)19)18-4-6-22-7-5-18/h8-10H,4-7H2,1-3H3. The highest BCUT2D eigenvalue weighted by atomic mass is 79.9. The van der Waals surface area contributed by atoms with Gasteiger partial charge in [0.05, 0.1) is 31.9 Å². The molecule has 6 nitrogen and oxygen atoms in total. The summed E-state index contributed by atoms with van der Waals surface area (Å²) in [6.45, 7) is 5.86. The predicted molar refractivity (Wildman–Crippen MR) is 88.9 cm³/mol. The molecule has 0 N–H and O–H groups in total. The van der Waals surface area contributed by atoms with Crippen LogP contribution < -0.4 is 9.64 Å². The Morgan fingerprint density at radius 3 is 2.52 bits per heavy atom. The fourth-order valence-corrected chi connectivity index (χ4v) is 3.10. The number of esters is 2. The SMILES string of the molecule is COC(=O)C(C)c1cc(Br)c(N2CCOCC2)cc1OC(C)=O. The van der Waals surface area contributed by atoms with Crippen LogP contribution in [0.3, 0.4) is 0 Å². The van der Waals surface area contributed by atoms with Crippen LogP contribution in [0.2, 0.25) is 0 Å². The average molecular weight is 386 g/mol. The van der Waals surface area contributed by atoms with Crippen LogP contribution in [-0.4, -0.2) is 45.4 Å². The first-order chi connectivity index (χ1) is 10.9. The molecule has 0 aromatic heterocycles. The molecule has 1 saturated heterocycles. The number of halogens is 1. The Kier molecular flexibility index (Phi) is 6.01. The molecule has 1 aliphatic heterocycles. The van der Waals surface area contributed by atoms with Gasteiger partial charge in [-0.1, -0.05) is 0 Å². The maximum Gasteiger partial charge on any atom is 0.312 e. The lowest BCUT2D eigenvalue weighted by Crippen LogP contribution is -2.36. The number of rotatable bonds is 4. The molecule has 1 aliphatic rings. The van der Waals surface area contributed by atoms with Gasteiger partial charge in [0, 0.05) is 36.1 Å². The van der Waals surface area contributed by atoms with Crippen LogP contribution in [-0.2, 0) is 19.1 Å². The molecule has 0 aliphatic carbocycles. The molecule has 1 aromatic carbocycles. The summed E-state index contributed by atoms with van der Waals surface area (Å²) in [5.41, 5.74) is 1.52. The van der Waals surface area contributed by atoms with Gasteiger partial charge in [-0.05, 0) is 28.9 Å². The minimum atomic E-state index is -0.538. The minimum absolute atomic E-state index is 0.375. The second kappa shape index (κ2) is 7.79. The van der Waals surface area contributed by atoms with E-state index in [1.807, 2.05) is 6.07 Å². The zero-order valence-corrected chi connectivity index (χ0v) is 15.0. The maximum absolute atomic E-state index is 11.8. The summed E-state index contributed by atoms with van der Waals surface area (Å²) >= 11 is 3.55. The molecule has 0 bridgehead atoms. The molecule has 0 radical (unpaired) electrons. The second-order valence-corrected chi connectivity index (χ2v) is 6.13. The highest BCUT2D eigenvalue weighted by Crippen LogP contribution is 2.38. The molecule has 1 fully saturated rings. The first-order valence-corrected chi connectivity index (χ1v) is 8.15. The van der Waals surface area contributed by atoms with Crippen molar-refractivity contribution in [3.8, 4) is 5.75 Å². The zero-order valence-electron chi connectivity index (χ0n) is 13.4. The first-order valence-electron chi connectivity index (χ1n) is 7.36. The lowest BCUT2D eigenvalue weighted by atomic mass is 9.99. The lowest BCUT2D eigenvalue weighted by Gasteiger charge is -2.30. The van der Waals surface area contributed by atoms with Gasteiger partial charge in [-0.3, -0.25) is 9.59 Å². The van der Waals surface area contributed by atoms with E-state index in [2.05, 4.69) is 20.8 Å². The first kappa shape index (κ1) is 17.7. The lowest BCUT2D eigenvalue weighted by molar-refractivity contribution is -0.142. The van der Waals surface area contributed by atoms with Gasteiger partial charge in [-0.15, -0.1) is 0 Å². The minimum Gasteiger partial charge on any atom is -0.469 e. The average Bonchev–Trinajstić information content (AvgIpc) is 2.55. The molecule has 2 rings (SSSR count). The number of carbonyl (C=O) groups is 2. The summed E-state index contributed by atoms with van der Waals surface area (Å²) in [5, 5.41) is 0. The monoisotopic (exact) mass is 385 g/mol. The normalized spacial score (nSPS) is 15.9. The van der Waals surface area contributed by atoms with Crippen molar-refractivity contribution in [2.45, 2.75) is 19.8 Å². The van der Waals surface area contributed by atoms with Crippen molar-refractivity contribution in [1.82, 2.24) is 0 Å². The number of hydrogen-bond acceptors (Lipinski definition) is 6. The topological polar surface area (TPSA) is 65.1 Å². The number of hydrogen-bond donors (Lipinski definition) is 0. The largest absolute Gasteiger partial charge is 0.469 e. The van der Waals surface area contributed by atoms with Crippen LogP contribution in [0.5, 0.6) is 5.75 Å². The number of anilines is 1. The van der Waals surface area contributed by atoms with Crippen molar-refractivity contribution in [2.24, 2.45) is 0 Å². The molecule has 0 amide bonds. The summed E-state index contributed by atoms with van der Waals surface area (Å²) in [6, 6.07) is 3.59. The third-order valence-corrected chi connectivity index (χ3v) is 4.34. The van der Waals surface area contributed by atoms with E-state index in [1.54, 1.807) is 13.0 Å². The van der Waals surface area contributed by atoms with E-state index in [0.29, 0.717) is 24.5 Å². The molecule has 23 heavy (non-hydrogen) atoms. The van der Waals surface area contributed by atoms with Gasteiger partial charge in [0.2, 0.25) is 0 Å². The Morgan fingerprint density at radius 1 is 1.30 bits per heavy atom. The van der Waals surface area contributed by atoms with E-state index < -0.39 is 11.9 Å². The number of ether oxygens (including phenoxy) is 3. The van der Waals surface area contributed by atoms with E-state index in [9.17, 15) is 9.59 Å². The Labute approximate surface area is 143 Å². The van der Waals surface area contributed by atoms with Gasteiger partial charge in [0.25, 0.3) is 0 Å². The fraction of sp³-hybridized carbons (Fsp3) is 0.500. The van der Waals surface area contributed by atoms with Gasteiger partial charge < -0.3 is 19.1 Å². The van der Waals surface area contributed by atoms with Gasteiger partial charge in [-0.2, -0.15) is 0 Å². The molecular formula is C16H20BrNO5. The van der Waals surface area contributed by atoms with E-state index >= 15 is 0 Å². The number of benzene rings is 1. The van der Waals surface area contributed by atoms with Crippen LogP contribution in [0.25, 0.3) is 0 Å². The molecule has 7 heteroatoms. The predicted octanol–water partition coefficient (Wildman–Crippen LogP) is 2.49. The van der Waals surface area contributed by atoms with Crippen molar-refractivity contribution in [1.29, 1.82) is 0 Å². The van der Waals surface area contributed by atoms with Gasteiger partial charge >= 0.3 is 11.9 Å². The van der Waals surface area contributed by atoms with Crippen LogP contribution in [0.1, 0.15) is 25.3 Å².